The van der Waals surface area contributed by atoms with Gasteiger partial charge in [-0.15, -0.1) is 0 Å². The first-order valence-electron chi connectivity index (χ1n) is 10.9. The highest BCUT2D eigenvalue weighted by atomic mass is 32.2. The number of nitrogens with zero attached hydrogens (tertiary/aromatic N) is 3. The molecule has 2 aliphatic rings. The smallest absolute Gasteiger partial charge is 0.191 e. The summed E-state index contributed by atoms with van der Waals surface area (Å²) in [6.07, 6.45) is 6.81. The van der Waals surface area contributed by atoms with Gasteiger partial charge in [-0.05, 0) is 65.7 Å². The van der Waals surface area contributed by atoms with Gasteiger partial charge in [-0.25, -0.2) is 0 Å². The highest BCUT2D eigenvalue weighted by molar-refractivity contribution is 7.85. The van der Waals surface area contributed by atoms with Gasteiger partial charge in [0.1, 0.15) is 0 Å². The molecular formula is C20H41N5OS. The lowest BCUT2D eigenvalue weighted by Crippen LogP contribution is -2.46. The van der Waals surface area contributed by atoms with Crippen molar-refractivity contribution in [3.63, 3.8) is 0 Å². The number of likely N-dealkylation sites (N-methyl/N-ethyl adjacent to an activating group) is 1. The quantitative estimate of drug-likeness (QED) is 0.369. The van der Waals surface area contributed by atoms with Gasteiger partial charge < -0.3 is 20.4 Å². The Hall–Kier alpha value is -0.660. The summed E-state index contributed by atoms with van der Waals surface area (Å²) < 4.78 is 12.2. The fourth-order valence-electron chi connectivity index (χ4n) is 4.07. The summed E-state index contributed by atoms with van der Waals surface area (Å²) in [5.74, 6) is 1.71. The Morgan fingerprint density at radius 3 is 2.78 bits per heavy atom. The predicted molar refractivity (Wildman–Crippen MR) is 117 cm³/mol. The molecule has 7 heteroatoms. The van der Waals surface area contributed by atoms with Crippen molar-refractivity contribution >= 4 is 16.8 Å². The largest absolute Gasteiger partial charge is 0.357 e. The second kappa shape index (κ2) is 12.7. The molecule has 2 rings (SSSR count). The molecule has 0 spiro atoms. The van der Waals surface area contributed by atoms with E-state index < -0.39 is 10.8 Å². The van der Waals surface area contributed by atoms with Crippen LogP contribution in [0.1, 0.15) is 52.4 Å². The lowest BCUT2D eigenvalue weighted by molar-refractivity contribution is 0.275. The molecular weight excluding hydrogens is 358 g/mol. The van der Waals surface area contributed by atoms with E-state index in [1.807, 2.05) is 6.92 Å². The van der Waals surface area contributed by atoms with Crippen molar-refractivity contribution in [3.05, 3.63) is 0 Å². The van der Waals surface area contributed by atoms with E-state index in [-0.39, 0.29) is 0 Å². The minimum atomic E-state index is -0.676. The van der Waals surface area contributed by atoms with Gasteiger partial charge in [-0.1, -0.05) is 13.3 Å². The molecule has 1 heterocycles. The van der Waals surface area contributed by atoms with Crippen molar-refractivity contribution in [2.24, 2.45) is 4.99 Å². The van der Waals surface area contributed by atoms with E-state index in [0.717, 1.165) is 63.5 Å². The van der Waals surface area contributed by atoms with E-state index in [1.54, 1.807) is 0 Å². The first kappa shape index (κ1) is 22.6. The maximum absolute atomic E-state index is 12.2. The zero-order chi connectivity index (χ0) is 19.5. The predicted octanol–water partition coefficient (Wildman–Crippen LogP) is 1.65. The maximum Gasteiger partial charge on any atom is 0.191 e. The molecule has 0 bridgehead atoms. The molecule has 0 amide bonds. The lowest BCUT2D eigenvalue weighted by Gasteiger charge is -2.30. The Kier molecular flexibility index (Phi) is 10.7. The fourth-order valence-corrected chi connectivity index (χ4v) is 5.42. The highest BCUT2D eigenvalue weighted by Gasteiger charge is 2.26. The van der Waals surface area contributed by atoms with Crippen LogP contribution in [0.2, 0.25) is 0 Å². The van der Waals surface area contributed by atoms with Crippen molar-refractivity contribution in [1.29, 1.82) is 0 Å². The fraction of sp³-hybridized carbons (Fsp3) is 0.950. The second-order valence-corrected chi connectivity index (χ2v) is 9.92. The SMILES string of the molecule is CCNC(=NCCCN1CCCN(C)CC1)NC1CCCC(S(=O)CC)C1. The van der Waals surface area contributed by atoms with E-state index >= 15 is 0 Å². The molecule has 2 N–H and O–H groups in total. The first-order chi connectivity index (χ1) is 13.1. The van der Waals surface area contributed by atoms with Crippen LogP contribution in [-0.4, -0.2) is 89.9 Å². The molecule has 3 unspecified atom stereocenters. The molecule has 1 saturated carbocycles. The zero-order valence-corrected chi connectivity index (χ0v) is 18.5. The van der Waals surface area contributed by atoms with Gasteiger partial charge in [-0.3, -0.25) is 9.20 Å². The van der Waals surface area contributed by atoms with E-state index in [9.17, 15) is 4.21 Å². The Bertz CT molecular complexity index is 473. The number of nitrogens with one attached hydrogen (secondary N) is 2. The van der Waals surface area contributed by atoms with Crippen LogP contribution in [0.4, 0.5) is 0 Å². The first-order valence-corrected chi connectivity index (χ1v) is 12.3. The van der Waals surface area contributed by atoms with E-state index in [0.29, 0.717) is 11.3 Å². The standard InChI is InChI=1S/C20H41N5OS/c1-4-21-20(23-18-9-6-10-19(17-18)27(26)5-2)22-11-7-13-25-14-8-12-24(3)15-16-25/h18-19H,4-17H2,1-3H3,(H2,21,22,23). The van der Waals surface area contributed by atoms with Gasteiger partial charge in [0.25, 0.3) is 0 Å². The van der Waals surface area contributed by atoms with Gasteiger partial charge in [0.2, 0.25) is 0 Å². The van der Waals surface area contributed by atoms with Crippen molar-refractivity contribution in [2.45, 2.75) is 63.7 Å². The third-order valence-electron chi connectivity index (χ3n) is 5.68. The number of hydrogen-bond acceptors (Lipinski definition) is 4. The van der Waals surface area contributed by atoms with Crippen LogP contribution in [0.25, 0.3) is 0 Å². The molecule has 27 heavy (non-hydrogen) atoms. The summed E-state index contributed by atoms with van der Waals surface area (Å²) in [5.41, 5.74) is 0. The number of aliphatic imine (C=N–C) groups is 1. The summed E-state index contributed by atoms with van der Waals surface area (Å²) in [6, 6.07) is 0.401. The topological polar surface area (TPSA) is 60.0 Å². The van der Waals surface area contributed by atoms with E-state index in [1.165, 1.54) is 32.6 Å². The molecule has 1 aliphatic heterocycles. The van der Waals surface area contributed by atoms with Crippen LogP contribution in [0.3, 0.4) is 0 Å². The monoisotopic (exact) mass is 399 g/mol. The summed E-state index contributed by atoms with van der Waals surface area (Å²) >= 11 is 0. The minimum absolute atomic E-state index is 0.352. The molecule has 3 atom stereocenters. The van der Waals surface area contributed by atoms with E-state index in [4.69, 9.17) is 4.99 Å². The Labute approximate surface area is 169 Å². The van der Waals surface area contributed by atoms with Crippen molar-refractivity contribution < 1.29 is 4.21 Å². The maximum atomic E-state index is 12.2. The van der Waals surface area contributed by atoms with Crippen molar-refractivity contribution in [3.8, 4) is 0 Å². The van der Waals surface area contributed by atoms with Crippen LogP contribution >= 0.6 is 0 Å². The molecule has 1 aliphatic carbocycles. The van der Waals surface area contributed by atoms with Gasteiger partial charge >= 0.3 is 0 Å². The normalized spacial score (nSPS) is 27.1. The van der Waals surface area contributed by atoms with Crippen LogP contribution < -0.4 is 10.6 Å². The molecule has 0 aromatic rings. The molecule has 6 nitrogen and oxygen atoms in total. The van der Waals surface area contributed by atoms with E-state index in [2.05, 4.69) is 34.4 Å². The van der Waals surface area contributed by atoms with Gasteiger partial charge in [0.15, 0.2) is 5.96 Å². The summed E-state index contributed by atoms with van der Waals surface area (Å²) in [7, 11) is 1.54. The zero-order valence-electron chi connectivity index (χ0n) is 17.7. The minimum Gasteiger partial charge on any atom is -0.357 e. The second-order valence-electron chi connectivity index (χ2n) is 7.91. The third-order valence-corrected chi connectivity index (χ3v) is 7.42. The van der Waals surface area contributed by atoms with Gasteiger partial charge in [0, 0.05) is 54.0 Å². The summed E-state index contributed by atoms with van der Waals surface area (Å²) in [4.78, 5) is 9.80. The molecule has 0 radical (unpaired) electrons. The number of hydrogen-bond donors (Lipinski definition) is 2. The average Bonchev–Trinajstić information content (AvgIpc) is 2.89. The van der Waals surface area contributed by atoms with Crippen LogP contribution in [-0.2, 0) is 10.8 Å². The van der Waals surface area contributed by atoms with Crippen LogP contribution in [0.5, 0.6) is 0 Å². The summed E-state index contributed by atoms with van der Waals surface area (Å²) in [6.45, 7) is 11.8. The molecule has 1 saturated heterocycles. The van der Waals surface area contributed by atoms with Crippen molar-refractivity contribution in [1.82, 2.24) is 20.4 Å². The molecule has 0 aromatic carbocycles. The highest BCUT2D eigenvalue weighted by Crippen LogP contribution is 2.22. The molecule has 158 valence electrons. The van der Waals surface area contributed by atoms with Crippen molar-refractivity contribution in [2.75, 3.05) is 58.6 Å². The van der Waals surface area contributed by atoms with Gasteiger partial charge in [-0.2, -0.15) is 0 Å². The Morgan fingerprint density at radius 1 is 1.15 bits per heavy atom. The third kappa shape index (κ3) is 8.48. The van der Waals surface area contributed by atoms with Gasteiger partial charge in [0.05, 0.1) is 0 Å². The Balaban J connectivity index is 1.75. The van der Waals surface area contributed by atoms with Crippen LogP contribution in [0, 0.1) is 0 Å². The Morgan fingerprint density at radius 2 is 2.00 bits per heavy atom. The number of guanidine groups is 1. The number of rotatable bonds is 8. The lowest BCUT2D eigenvalue weighted by atomic mass is 9.95. The van der Waals surface area contributed by atoms with Crippen LogP contribution in [0.15, 0.2) is 4.99 Å². The average molecular weight is 400 g/mol. The molecule has 0 aromatic heterocycles. The molecule has 2 fully saturated rings. The summed E-state index contributed by atoms with van der Waals surface area (Å²) in [5, 5.41) is 7.34.